The van der Waals surface area contributed by atoms with Gasteiger partial charge in [0.1, 0.15) is 12.3 Å². The van der Waals surface area contributed by atoms with Crippen LogP contribution in [0.15, 0.2) is 48.5 Å². The molecule has 0 heterocycles. The lowest BCUT2D eigenvalue weighted by Crippen LogP contribution is -3.08. The van der Waals surface area contributed by atoms with Crippen LogP contribution in [0.1, 0.15) is 15.9 Å². The molecule has 27 heavy (non-hydrogen) atoms. The van der Waals surface area contributed by atoms with Crippen molar-refractivity contribution >= 4 is 17.5 Å². The van der Waals surface area contributed by atoms with Crippen LogP contribution in [0.3, 0.4) is 0 Å². The fraction of sp³-hybridized carbons (Fsp3) is 0.263. The number of hydrogen-bond acceptors (Lipinski definition) is 3. The zero-order valence-corrected chi connectivity index (χ0v) is 15.1. The molecule has 144 valence electrons. The maximum Gasteiger partial charge on any atom is 0.387 e. The highest BCUT2D eigenvalue weighted by Crippen LogP contribution is 2.14. The molecule has 0 fully saturated rings. The number of nitrogens with one attached hydrogen (secondary N) is 3. The molecule has 0 spiro atoms. The first-order valence-electron chi connectivity index (χ1n) is 8.34. The van der Waals surface area contributed by atoms with Gasteiger partial charge in [0.05, 0.1) is 7.05 Å². The van der Waals surface area contributed by atoms with Gasteiger partial charge < -0.3 is 20.3 Å². The number of amides is 2. The van der Waals surface area contributed by atoms with Crippen molar-refractivity contribution in [3.8, 4) is 5.75 Å². The van der Waals surface area contributed by atoms with Crippen molar-refractivity contribution in [2.45, 2.75) is 13.2 Å². The lowest BCUT2D eigenvalue weighted by molar-refractivity contribution is -0.885. The molecule has 3 N–H and O–H groups in total. The van der Waals surface area contributed by atoms with E-state index < -0.39 is 6.61 Å². The summed E-state index contributed by atoms with van der Waals surface area (Å²) >= 11 is 0. The van der Waals surface area contributed by atoms with Crippen molar-refractivity contribution < 1.29 is 28.0 Å². The summed E-state index contributed by atoms with van der Waals surface area (Å²) in [6, 6.07) is 12.9. The minimum absolute atomic E-state index is 0.101. The first kappa shape index (κ1) is 20.3. The molecule has 8 heteroatoms. The molecule has 0 saturated heterocycles. The molecule has 2 aromatic rings. The van der Waals surface area contributed by atoms with Gasteiger partial charge in [-0.25, -0.2) is 0 Å². The number of anilines is 1. The molecule has 2 rings (SSSR count). The minimum Gasteiger partial charge on any atom is -0.435 e. The normalized spacial score (nSPS) is 11.7. The highest BCUT2D eigenvalue weighted by molar-refractivity contribution is 5.95. The van der Waals surface area contributed by atoms with Crippen LogP contribution in [0.4, 0.5) is 14.5 Å². The highest BCUT2D eigenvalue weighted by Gasteiger charge is 2.12. The fourth-order valence-corrected chi connectivity index (χ4v) is 2.53. The van der Waals surface area contributed by atoms with E-state index in [1.165, 1.54) is 12.1 Å². The molecule has 0 aliphatic rings. The lowest BCUT2D eigenvalue weighted by Gasteiger charge is -2.14. The number of likely N-dealkylation sites (N-methyl/N-ethyl adjacent to an activating group) is 1. The Morgan fingerprint density at radius 3 is 2.26 bits per heavy atom. The van der Waals surface area contributed by atoms with Crippen LogP contribution in [0.2, 0.25) is 0 Å². The van der Waals surface area contributed by atoms with Crippen molar-refractivity contribution in [3.63, 3.8) is 0 Å². The molecule has 1 atom stereocenters. The van der Waals surface area contributed by atoms with Crippen molar-refractivity contribution in [1.29, 1.82) is 0 Å². The van der Waals surface area contributed by atoms with E-state index in [1.807, 2.05) is 7.05 Å². The molecular formula is C19H22F2N3O3+. The first-order valence-corrected chi connectivity index (χ1v) is 8.34. The van der Waals surface area contributed by atoms with Crippen LogP contribution in [-0.2, 0) is 11.3 Å². The Morgan fingerprint density at radius 2 is 1.70 bits per heavy atom. The third-order valence-electron chi connectivity index (χ3n) is 3.77. The number of carbonyl (C=O) groups is 2. The summed E-state index contributed by atoms with van der Waals surface area (Å²) in [5.41, 5.74) is 2.02. The van der Waals surface area contributed by atoms with Gasteiger partial charge >= 0.3 is 6.61 Å². The Balaban J connectivity index is 1.83. The second-order valence-corrected chi connectivity index (χ2v) is 6.04. The van der Waals surface area contributed by atoms with Gasteiger partial charge in [0.25, 0.3) is 11.8 Å². The van der Waals surface area contributed by atoms with Gasteiger partial charge in [0.2, 0.25) is 0 Å². The zero-order chi connectivity index (χ0) is 19.8. The van der Waals surface area contributed by atoms with Crippen LogP contribution in [0, 0.1) is 0 Å². The number of ether oxygens (including phenoxy) is 1. The summed E-state index contributed by atoms with van der Waals surface area (Å²) in [7, 11) is 3.41. The molecular weight excluding hydrogens is 356 g/mol. The largest absolute Gasteiger partial charge is 0.435 e. The van der Waals surface area contributed by atoms with Crippen LogP contribution < -0.4 is 20.3 Å². The Hall–Kier alpha value is -3.00. The Labute approximate surface area is 156 Å². The summed E-state index contributed by atoms with van der Waals surface area (Å²) in [5.74, 6) is -0.260. The Morgan fingerprint density at radius 1 is 1.07 bits per heavy atom. The van der Waals surface area contributed by atoms with E-state index in [2.05, 4.69) is 15.4 Å². The van der Waals surface area contributed by atoms with Gasteiger partial charge in [-0.1, -0.05) is 0 Å². The zero-order valence-electron chi connectivity index (χ0n) is 15.1. The third kappa shape index (κ3) is 6.67. The summed E-state index contributed by atoms with van der Waals surface area (Å²) in [5, 5.41) is 5.31. The van der Waals surface area contributed by atoms with Gasteiger partial charge in [0, 0.05) is 23.9 Å². The van der Waals surface area contributed by atoms with Gasteiger partial charge in [0.15, 0.2) is 6.54 Å². The predicted molar refractivity (Wildman–Crippen MR) is 97.0 cm³/mol. The lowest BCUT2D eigenvalue weighted by atomic mass is 10.2. The first-order chi connectivity index (χ1) is 12.9. The van der Waals surface area contributed by atoms with E-state index in [0.29, 0.717) is 17.8 Å². The van der Waals surface area contributed by atoms with E-state index >= 15 is 0 Å². The quantitative estimate of drug-likeness (QED) is 0.649. The van der Waals surface area contributed by atoms with Gasteiger partial charge in [-0.15, -0.1) is 0 Å². The second-order valence-electron chi connectivity index (χ2n) is 6.04. The van der Waals surface area contributed by atoms with E-state index in [-0.39, 0.29) is 24.1 Å². The van der Waals surface area contributed by atoms with E-state index in [9.17, 15) is 18.4 Å². The molecule has 6 nitrogen and oxygen atoms in total. The molecule has 0 radical (unpaired) electrons. The van der Waals surface area contributed by atoms with Crippen LogP contribution >= 0.6 is 0 Å². The van der Waals surface area contributed by atoms with Crippen molar-refractivity contribution in [2.24, 2.45) is 0 Å². The van der Waals surface area contributed by atoms with Gasteiger partial charge in [-0.3, -0.25) is 9.59 Å². The highest BCUT2D eigenvalue weighted by atomic mass is 19.3. The van der Waals surface area contributed by atoms with Crippen LogP contribution in [-0.4, -0.2) is 39.1 Å². The molecule has 0 aliphatic carbocycles. The Bertz CT molecular complexity index is 765. The number of hydrogen-bond donors (Lipinski definition) is 3. The smallest absolute Gasteiger partial charge is 0.387 e. The van der Waals surface area contributed by atoms with E-state index in [1.54, 1.807) is 43.4 Å². The topological polar surface area (TPSA) is 71.9 Å². The number of carbonyl (C=O) groups excluding carboxylic acids is 2. The Kier molecular flexibility index (Phi) is 7.25. The number of benzene rings is 2. The SMILES string of the molecule is CNC(=O)c1ccc(NC(=O)C[NH+](C)Cc2ccc(OC(F)F)cc2)cc1. The van der Waals surface area contributed by atoms with Gasteiger partial charge in [-0.05, 0) is 48.5 Å². The molecule has 0 bridgehead atoms. The number of halogens is 2. The standard InChI is InChI=1S/C19H21F2N3O3/c1-22-18(26)14-5-7-15(8-6-14)23-17(25)12-24(2)11-13-3-9-16(10-4-13)27-19(20)21/h3-10,19H,11-12H2,1-2H3,(H,22,26)(H,23,25)/p+1. The van der Waals surface area contributed by atoms with Crippen LogP contribution in [0.5, 0.6) is 5.75 Å². The molecule has 2 aromatic carbocycles. The summed E-state index contributed by atoms with van der Waals surface area (Å²) in [6.45, 7) is -2.07. The van der Waals surface area contributed by atoms with Crippen molar-refractivity contribution in [3.05, 3.63) is 59.7 Å². The third-order valence-corrected chi connectivity index (χ3v) is 3.77. The number of quaternary nitrogens is 1. The molecule has 1 unspecified atom stereocenters. The van der Waals surface area contributed by atoms with E-state index in [4.69, 9.17) is 0 Å². The summed E-state index contributed by atoms with van der Waals surface area (Å²) in [6.07, 6.45) is 0. The van der Waals surface area contributed by atoms with Gasteiger partial charge in [-0.2, -0.15) is 8.78 Å². The van der Waals surface area contributed by atoms with Crippen LogP contribution in [0.25, 0.3) is 0 Å². The molecule has 0 aromatic heterocycles. The molecule has 0 saturated carbocycles. The van der Waals surface area contributed by atoms with Crippen molar-refractivity contribution in [1.82, 2.24) is 5.32 Å². The molecule has 2 amide bonds. The predicted octanol–water partition coefficient (Wildman–Crippen LogP) is 1.30. The minimum atomic E-state index is -2.85. The summed E-state index contributed by atoms with van der Waals surface area (Å²) in [4.78, 5) is 24.6. The summed E-state index contributed by atoms with van der Waals surface area (Å²) < 4.78 is 28.6. The van der Waals surface area contributed by atoms with Crippen molar-refractivity contribution in [2.75, 3.05) is 26.0 Å². The average Bonchev–Trinajstić information content (AvgIpc) is 2.62. The second kappa shape index (κ2) is 9.63. The maximum absolute atomic E-state index is 12.1. The van der Waals surface area contributed by atoms with E-state index in [0.717, 1.165) is 10.5 Å². The number of rotatable bonds is 8. The fourth-order valence-electron chi connectivity index (χ4n) is 2.53. The number of alkyl halides is 2. The molecule has 0 aliphatic heterocycles. The monoisotopic (exact) mass is 378 g/mol. The maximum atomic E-state index is 12.1. The average molecular weight is 378 g/mol.